The maximum atomic E-state index is 10.7. The lowest BCUT2D eigenvalue weighted by Crippen LogP contribution is -2.09. The van der Waals surface area contributed by atoms with E-state index in [0.717, 1.165) is 40.7 Å². The van der Waals surface area contributed by atoms with E-state index in [1.807, 2.05) is 36.4 Å². The van der Waals surface area contributed by atoms with Crippen LogP contribution in [-0.2, 0) is 4.79 Å². The fourth-order valence-corrected chi connectivity index (χ4v) is 3.33. The SMILES string of the molecule is CCCC(=C(c1ccc(O)cc1)c1ccc(O)cc1)c1ccc(OCC(=O)O)cc1. The summed E-state index contributed by atoms with van der Waals surface area (Å²) < 4.78 is 5.25. The summed E-state index contributed by atoms with van der Waals surface area (Å²) in [6.07, 6.45) is 1.73. The molecule has 0 unspecified atom stereocenters. The molecule has 0 radical (unpaired) electrons. The van der Waals surface area contributed by atoms with Crippen LogP contribution in [0, 0.1) is 0 Å². The first kappa shape index (κ1) is 21.0. The first-order chi connectivity index (χ1) is 14.5. The number of phenolic OH excluding ortho intramolecular Hbond substituents is 2. The first-order valence-electron chi connectivity index (χ1n) is 9.75. The molecular formula is C25H24O5. The van der Waals surface area contributed by atoms with Crippen LogP contribution in [0.2, 0.25) is 0 Å². The Hall–Kier alpha value is -3.73. The number of allylic oxidation sites excluding steroid dienone is 1. The van der Waals surface area contributed by atoms with Gasteiger partial charge >= 0.3 is 5.97 Å². The molecule has 0 saturated heterocycles. The minimum atomic E-state index is -1.02. The van der Waals surface area contributed by atoms with Crippen LogP contribution < -0.4 is 4.74 Å². The monoisotopic (exact) mass is 404 g/mol. The highest BCUT2D eigenvalue weighted by molar-refractivity contribution is 5.98. The number of aliphatic carboxylic acids is 1. The van der Waals surface area contributed by atoms with E-state index in [2.05, 4.69) is 6.92 Å². The Labute approximate surface area is 175 Å². The second-order valence-electron chi connectivity index (χ2n) is 6.90. The molecule has 3 aromatic rings. The zero-order valence-corrected chi connectivity index (χ0v) is 16.7. The Kier molecular flexibility index (Phi) is 6.75. The lowest BCUT2D eigenvalue weighted by molar-refractivity contribution is -0.139. The maximum Gasteiger partial charge on any atom is 0.341 e. The number of hydrogen-bond acceptors (Lipinski definition) is 4. The Morgan fingerprint density at radius 2 is 1.23 bits per heavy atom. The van der Waals surface area contributed by atoms with Crippen LogP contribution in [0.4, 0.5) is 0 Å². The van der Waals surface area contributed by atoms with Crippen LogP contribution >= 0.6 is 0 Å². The van der Waals surface area contributed by atoms with Crippen molar-refractivity contribution in [3.8, 4) is 17.2 Å². The molecular weight excluding hydrogens is 380 g/mol. The summed E-state index contributed by atoms with van der Waals surface area (Å²) in [5.41, 5.74) is 5.02. The molecule has 0 bridgehead atoms. The van der Waals surface area contributed by atoms with Crippen molar-refractivity contribution in [3.63, 3.8) is 0 Å². The highest BCUT2D eigenvalue weighted by Crippen LogP contribution is 2.36. The van der Waals surface area contributed by atoms with Crippen LogP contribution in [0.5, 0.6) is 17.2 Å². The smallest absolute Gasteiger partial charge is 0.341 e. The minimum Gasteiger partial charge on any atom is -0.508 e. The lowest BCUT2D eigenvalue weighted by Gasteiger charge is -2.18. The molecule has 0 aliphatic rings. The van der Waals surface area contributed by atoms with Gasteiger partial charge in [0.25, 0.3) is 0 Å². The Balaban J connectivity index is 2.12. The number of carboxylic acid groups (broad SMARTS) is 1. The molecule has 154 valence electrons. The topological polar surface area (TPSA) is 87.0 Å². The predicted octanol–water partition coefficient (Wildman–Crippen LogP) is 5.32. The molecule has 3 aromatic carbocycles. The summed E-state index contributed by atoms with van der Waals surface area (Å²) in [5.74, 6) is -0.137. The van der Waals surface area contributed by atoms with Gasteiger partial charge in [-0.3, -0.25) is 0 Å². The second-order valence-corrected chi connectivity index (χ2v) is 6.90. The standard InChI is InChI=1S/C25H24O5/c1-2-3-23(17-8-14-22(15-9-17)30-16-24(28)29)25(18-4-10-20(26)11-5-18)19-6-12-21(27)13-7-19/h4-15,26-27H,2-3,16H2,1H3,(H,28,29). The largest absolute Gasteiger partial charge is 0.508 e. The predicted molar refractivity (Wildman–Crippen MR) is 117 cm³/mol. The van der Waals surface area contributed by atoms with Crippen molar-refractivity contribution in [3.05, 3.63) is 89.5 Å². The molecule has 5 heteroatoms. The molecule has 0 aromatic heterocycles. The molecule has 0 amide bonds. The quantitative estimate of drug-likeness (QED) is 0.442. The van der Waals surface area contributed by atoms with Crippen molar-refractivity contribution in [1.82, 2.24) is 0 Å². The third kappa shape index (κ3) is 5.20. The van der Waals surface area contributed by atoms with Gasteiger partial charge in [-0.2, -0.15) is 0 Å². The number of benzene rings is 3. The van der Waals surface area contributed by atoms with Crippen LogP contribution in [0.25, 0.3) is 11.1 Å². The minimum absolute atomic E-state index is 0.195. The number of carboxylic acids is 1. The van der Waals surface area contributed by atoms with E-state index < -0.39 is 5.97 Å². The normalized spacial score (nSPS) is 10.4. The zero-order valence-electron chi connectivity index (χ0n) is 16.7. The molecule has 0 atom stereocenters. The average molecular weight is 404 g/mol. The van der Waals surface area contributed by atoms with Crippen molar-refractivity contribution in [2.45, 2.75) is 19.8 Å². The van der Waals surface area contributed by atoms with Gasteiger partial charge in [0, 0.05) is 0 Å². The third-order valence-electron chi connectivity index (χ3n) is 4.68. The van der Waals surface area contributed by atoms with Gasteiger partial charge in [-0.05, 0) is 70.7 Å². The molecule has 0 aliphatic heterocycles. The summed E-state index contributed by atoms with van der Waals surface area (Å²) in [4.78, 5) is 10.7. The van der Waals surface area contributed by atoms with Gasteiger partial charge in [0.1, 0.15) is 17.2 Å². The van der Waals surface area contributed by atoms with Gasteiger partial charge in [0.05, 0.1) is 0 Å². The summed E-state index contributed by atoms with van der Waals surface area (Å²) in [6.45, 7) is 1.72. The van der Waals surface area contributed by atoms with Crippen LogP contribution in [0.1, 0.15) is 36.5 Å². The molecule has 0 saturated carbocycles. The third-order valence-corrected chi connectivity index (χ3v) is 4.68. The number of carbonyl (C=O) groups is 1. The van der Waals surface area contributed by atoms with E-state index in [-0.39, 0.29) is 18.1 Å². The summed E-state index contributed by atoms with van der Waals surface area (Å²) in [5, 5.41) is 28.2. The number of phenols is 2. The molecule has 0 spiro atoms. The fraction of sp³-hybridized carbons (Fsp3) is 0.160. The van der Waals surface area contributed by atoms with Crippen molar-refractivity contribution in [2.24, 2.45) is 0 Å². The molecule has 0 aliphatic carbocycles. The highest BCUT2D eigenvalue weighted by Gasteiger charge is 2.14. The summed E-state index contributed by atoms with van der Waals surface area (Å²) >= 11 is 0. The summed E-state index contributed by atoms with van der Waals surface area (Å²) in [7, 11) is 0. The van der Waals surface area contributed by atoms with Gasteiger partial charge in [-0.15, -0.1) is 0 Å². The summed E-state index contributed by atoms with van der Waals surface area (Å²) in [6, 6.07) is 21.5. The van der Waals surface area contributed by atoms with E-state index in [4.69, 9.17) is 9.84 Å². The number of aromatic hydroxyl groups is 2. The fourth-order valence-electron chi connectivity index (χ4n) is 3.33. The van der Waals surface area contributed by atoms with Gasteiger partial charge in [-0.25, -0.2) is 4.79 Å². The van der Waals surface area contributed by atoms with Crippen LogP contribution in [0.3, 0.4) is 0 Å². The number of hydrogen-bond donors (Lipinski definition) is 3. The lowest BCUT2D eigenvalue weighted by atomic mass is 9.87. The first-order valence-corrected chi connectivity index (χ1v) is 9.75. The van der Waals surface area contributed by atoms with Crippen molar-refractivity contribution < 1.29 is 24.9 Å². The zero-order chi connectivity index (χ0) is 21.5. The second kappa shape index (κ2) is 9.65. The molecule has 0 heterocycles. The van der Waals surface area contributed by atoms with Crippen LogP contribution in [-0.4, -0.2) is 27.9 Å². The van der Waals surface area contributed by atoms with E-state index in [1.54, 1.807) is 36.4 Å². The van der Waals surface area contributed by atoms with E-state index in [0.29, 0.717) is 5.75 Å². The van der Waals surface area contributed by atoms with E-state index in [9.17, 15) is 15.0 Å². The highest BCUT2D eigenvalue weighted by atomic mass is 16.5. The Morgan fingerprint density at radius 3 is 1.67 bits per heavy atom. The van der Waals surface area contributed by atoms with Crippen molar-refractivity contribution >= 4 is 17.1 Å². The number of rotatable bonds is 8. The van der Waals surface area contributed by atoms with Gasteiger partial charge < -0.3 is 20.1 Å². The van der Waals surface area contributed by atoms with Crippen molar-refractivity contribution in [1.29, 1.82) is 0 Å². The molecule has 0 fully saturated rings. The van der Waals surface area contributed by atoms with Crippen LogP contribution in [0.15, 0.2) is 72.8 Å². The number of ether oxygens (including phenoxy) is 1. The molecule has 3 N–H and O–H groups in total. The van der Waals surface area contributed by atoms with Gasteiger partial charge in [-0.1, -0.05) is 49.7 Å². The molecule has 3 rings (SSSR count). The van der Waals surface area contributed by atoms with E-state index >= 15 is 0 Å². The Bertz CT molecular complexity index is 969. The van der Waals surface area contributed by atoms with E-state index in [1.165, 1.54) is 0 Å². The maximum absolute atomic E-state index is 10.7. The molecule has 5 nitrogen and oxygen atoms in total. The Morgan fingerprint density at radius 1 is 0.767 bits per heavy atom. The van der Waals surface area contributed by atoms with Crippen molar-refractivity contribution in [2.75, 3.05) is 6.61 Å². The van der Waals surface area contributed by atoms with Gasteiger partial charge in [0.2, 0.25) is 0 Å². The van der Waals surface area contributed by atoms with Gasteiger partial charge in [0.15, 0.2) is 6.61 Å². The molecule has 30 heavy (non-hydrogen) atoms. The average Bonchev–Trinajstić information content (AvgIpc) is 2.75.